The van der Waals surface area contributed by atoms with Crippen LogP contribution in [0.3, 0.4) is 0 Å². The van der Waals surface area contributed by atoms with Gasteiger partial charge in [-0.2, -0.15) is 0 Å². The quantitative estimate of drug-likeness (QED) is 0.501. The van der Waals surface area contributed by atoms with Crippen molar-refractivity contribution in [3.05, 3.63) is 84.1 Å². The molecule has 0 bridgehead atoms. The molecule has 0 fully saturated rings. The van der Waals surface area contributed by atoms with Gasteiger partial charge in [-0.15, -0.1) is 0 Å². The zero-order valence-corrected chi connectivity index (χ0v) is 15.4. The van der Waals surface area contributed by atoms with E-state index < -0.39 is 0 Å². The second-order valence-electron chi connectivity index (χ2n) is 5.98. The van der Waals surface area contributed by atoms with Gasteiger partial charge >= 0.3 is 148 Å². The Balaban J connectivity index is 1.91. The van der Waals surface area contributed by atoms with E-state index >= 15 is 0 Å². The summed E-state index contributed by atoms with van der Waals surface area (Å²) in [6.07, 6.45) is 2.15. The molecule has 0 saturated carbocycles. The van der Waals surface area contributed by atoms with E-state index in [1.165, 1.54) is 25.7 Å². The van der Waals surface area contributed by atoms with Crippen LogP contribution < -0.4 is 9.05 Å². The average Bonchev–Trinajstić information content (AvgIpc) is 2.94. The molecule has 118 valence electrons. The molecule has 4 rings (SSSR count). The molecule has 0 aliphatic carbocycles. The van der Waals surface area contributed by atoms with Gasteiger partial charge < -0.3 is 0 Å². The number of aryl methyl sites for hydroxylation is 2. The third-order valence-electron chi connectivity index (χ3n) is 4.02. The molecule has 2 heterocycles. The first-order chi connectivity index (χ1) is 11.7. The summed E-state index contributed by atoms with van der Waals surface area (Å²) in [6, 6.07) is 23.7. The van der Waals surface area contributed by atoms with Crippen LogP contribution in [0.2, 0.25) is 0 Å². The number of pyridine rings is 1. The number of rotatable bonds is 3. The van der Waals surface area contributed by atoms with Crippen molar-refractivity contribution < 1.29 is 0 Å². The summed E-state index contributed by atoms with van der Waals surface area (Å²) in [6.45, 7) is 4.23. The van der Waals surface area contributed by atoms with E-state index in [9.17, 15) is 0 Å². The molecular weight excluding hydrogens is 359 g/mol. The van der Waals surface area contributed by atoms with Crippen molar-refractivity contribution in [1.82, 2.24) is 9.38 Å². The van der Waals surface area contributed by atoms with Gasteiger partial charge in [0.05, 0.1) is 0 Å². The second kappa shape index (κ2) is 6.27. The third kappa shape index (κ3) is 2.89. The number of benzene rings is 2. The molecule has 0 saturated heterocycles. The molecule has 0 amide bonds. The molecule has 0 spiro atoms. The van der Waals surface area contributed by atoms with Gasteiger partial charge in [-0.1, -0.05) is 0 Å². The summed E-state index contributed by atoms with van der Waals surface area (Å²) in [5, 5.41) is 0. The molecule has 0 N–H and O–H groups in total. The first-order valence-electron chi connectivity index (χ1n) is 7.99. The molecule has 24 heavy (non-hydrogen) atoms. The Kier molecular flexibility index (Phi) is 3.97. The number of hydrogen-bond acceptors (Lipinski definition) is 1. The van der Waals surface area contributed by atoms with Crippen LogP contribution in [0.1, 0.15) is 11.1 Å². The Labute approximate surface area is 148 Å². The molecule has 3 heteroatoms. The minimum atomic E-state index is 0.205. The average molecular weight is 377 g/mol. The summed E-state index contributed by atoms with van der Waals surface area (Å²) in [7, 11) is 0. The predicted octanol–water partition coefficient (Wildman–Crippen LogP) is 3.27. The van der Waals surface area contributed by atoms with Crippen LogP contribution in [-0.4, -0.2) is 24.3 Å². The summed E-state index contributed by atoms with van der Waals surface area (Å²) in [4.78, 5) is 4.95. The van der Waals surface area contributed by atoms with Crippen LogP contribution in [0, 0.1) is 13.8 Å². The monoisotopic (exact) mass is 378 g/mol. The topological polar surface area (TPSA) is 17.3 Å². The fourth-order valence-corrected chi connectivity index (χ4v) is 4.88. The second-order valence-corrected chi connectivity index (χ2v) is 8.21. The first kappa shape index (κ1) is 15.2. The Hall–Kier alpha value is -2.35. The normalized spacial score (nSPS) is 11.1. The van der Waals surface area contributed by atoms with E-state index in [0.29, 0.717) is 0 Å². The molecule has 0 radical (unpaired) electrons. The third-order valence-corrected chi connectivity index (χ3v) is 6.31. The van der Waals surface area contributed by atoms with Crippen LogP contribution in [-0.2, 0) is 0 Å². The molecule has 2 aromatic carbocycles. The standard InChI is InChI=1S/C21H18N2Se/c1-15-8-10-17(11-9-15)20-21(24-18-6-4-3-5-7-18)23-13-12-16(2)14-19(23)22-20/h3-14H,1-2H3. The first-order valence-corrected chi connectivity index (χ1v) is 9.71. The molecule has 0 aliphatic heterocycles. The minimum absolute atomic E-state index is 0.205. The number of imidazole rings is 1. The van der Waals surface area contributed by atoms with E-state index in [0.717, 1.165) is 11.3 Å². The number of fused-ring (bicyclic) bond motifs is 1. The molecular formula is C21H18N2Se. The summed E-state index contributed by atoms with van der Waals surface area (Å²) in [5.41, 5.74) is 5.83. The van der Waals surface area contributed by atoms with Crippen LogP contribution in [0.5, 0.6) is 0 Å². The van der Waals surface area contributed by atoms with E-state index in [1.807, 2.05) is 0 Å². The Morgan fingerprint density at radius 1 is 0.833 bits per heavy atom. The summed E-state index contributed by atoms with van der Waals surface area (Å²) in [5.74, 6) is 0. The van der Waals surface area contributed by atoms with Gasteiger partial charge in [-0.25, -0.2) is 0 Å². The van der Waals surface area contributed by atoms with Crippen LogP contribution >= 0.6 is 0 Å². The van der Waals surface area contributed by atoms with Crippen molar-refractivity contribution in [2.24, 2.45) is 0 Å². The van der Waals surface area contributed by atoms with Gasteiger partial charge in [0.2, 0.25) is 0 Å². The van der Waals surface area contributed by atoms with E-state index in [-0.39, 0.29) is 15.0 Å². The fraction of sp³-hybridized carbons (Fsp3) is 0.0952. The molecule has 0 aliphatic rings. The van der Waals surface area contributed by atoms with Crippen molar-refractivity contribution >= 4 is 29.7 Å². The van der Waals surface area contributed by atoms with Crippen molar-refractivity contribution in [3.8, 4) is 11.3 Å². The van der Waals surface area contributed by atoms with Crippen LogP contribution in [0.4, 0.5) is 0 Å². The summed E-state index contributed by atoms with van der Waals surface area (Å²) >= 11 is 0.205. The molecule has 2 aromatic heterocycles. The number of nitrogens with zero attached hydrogens (tertiary/aromatic N) is 2. The van der Waals surface area contributed by atoms with Gasteiger partial charge in [-0.05, 0) is 0 Å². The Bertz CT molecular complexity index is 986. The molecule has 4 aromatic rings. The Morgan fingerprint density at radius 2 is 1.58 bits per heavy atom. The molecule has 0 unspecified atom stereocenters. The maximum absolute atomic E-state index is 4.95. The Morgan fingerprint density at radius 3 is 2.33 bits per heavy atom. The van der Waals surface area contributed by atoms with Gasteiger partial charge in [0, 0.05) is 0 Å². The van der Waals surface area contributed by atoms with Crippen molar-refractivity contribution in [2.45, 2.75) is 13.8 Å². The maximum atomic E-state index is 4.95. The van der Waals surface area contributed by atoms with Gasteiger partial charge in [0.1, 0.15) is 0 Å². The van der Waals surface area contributed by atoms with Crippen molar-refractivity contribution in [3.63, 3.8) is 0 Å². The SMILES string of the molecule is Cc1ccc(-c2nc3cc(C)ccn3c2[Se]c2ccccc2)cc1. The number of hydrogen-bond donors (Lipinski definition) is 0. The zero-order valence-electron chi connectivity index (χ0n) is 13.7. The van der Waals surface area contributed by atoms with E-state index in [4.69, 9.17) is 4.98 Å². The fourth-order valence-electron chi connectivity index (χ4n) is 2.72. The van der Waals surface area contributed by atoms with Crippen molar-refractivity contribution in [2.75, 3.05) is 0 Å². The summed E-state index contributed by atoms with van der Waals surface area (Å²) < 4.78 is 4.91. The zero-order chi connectivity index (χ0) is 16.5. The van der Waals surface area contributed by atoms with Crippen molar-refractivity contribution in [1.29, 1.82) is 0 Å². The van der Waals surface area contributed by atoms with E-state index in [1.54, 1.807) is 0 Å². The van der Waals surface area contributed by atoms with Gasteiger partial charge in [0.15, 0.2) is 0 Å². The van der Waals surface area contributed by atoms with Gasteiger partial charge in [0.25, 0.3) is 0 Å². The molecule has 2 nitrogen and oxygen atoms in total. The van der Waals surface area contributed by atoms with Crippen LogP contribution in [0.25, 0.3) is 16.9 Å². The van der Waals surface area contributed by atoms with Crippen LogP contribution in [0.15, 0.2) is 72.9 Å². The molecule has 0 atom stereocenters. The van der Waals surface area contributed by atoms with Gasteiger partial charge in [-0.3, -0.25) is 0 Å². The predicted molar refractivity (Wildman–Crippen MR) is 102 cm³/mol. The number of aromatic nitrogens is 2. The van der Waals surface area contributed by atoms with E-state index in [2.05, 4.69) is 91.2 Å².